The van der Waals surface area contributed by atoms with E-state index in [1.54, 1.807) is 43.3 Å². The molecule has 2 rings (SSSR count). The Morgan fingerprint density at radius 2 is 1.24 bits per heavy atom. The molecule has 7 N–H and O–H groups in total. The smallest absolute Gasteiger partial charge is 0.348 e. The van der Waals surface area contributed by atoms with E-state index in [0.29, 0.717) is 12.0 Å². The average Bonchev–Trinajstić information content (AvgIpc) is 3.56. The Labute approximate surface area is 341 Å². The third-order valence-corrected chi connectivity index (χ3v) is 9.56. The van der Waals surface area contributed by atoms with Crippen molar-refractivity contribution in [3.05, 3.63) is 57.8 Å². The highest BCUT2D eigenvalue weighted by Crippen LogP contribution is 2.17. The van der Waals surface area contributed by atoms with Crippen LogP contribution in [0.3, 0.4) is 0 Å². The summed E-state index contributed by atoms with van der Waals surface area (Å²) in [7, 11) is 0. The topological polar surface area (TPSA) is 263 Å². The molecular weight excluding hydrogens is 775 g/mol. The van der Waals surface area contributed by atoms with E-state index in [2.05, 4.69) is 26.6 Å². The van der Waals surface area contributed by atoms with E-state index >= 15 is 0 Å². The standard InChI is InChI=1S/C40H55N5O12S/c1-22(2)12-14-28(37(53)44-29(19-35(49)50)32(47)21-57-40(56)33-15-13-24(5)58-33)43-34(48)18-27(16-23(3)4)42-38(54)31(20-36(51)52)45-39(55)30(41-25(6)46)17-26-10-8-7-9-11-26/h7-11,13,15,22-23,27-31H,12,14,16-21H2,1-6H3,(H,41,46)(H,42,54)(H,43,48)(H,44,53)(H,45,55)(H,49,50)(H,51,52)/t27-,28-,29-,30-,31-/m0/s1. The molecule has 1 heterocycles. The van der Waals surface area contributed by atoms with E-state index in [1.807, 2.05) is 27.7 Å². The van der Waals surface area contributed by atoms with Crippen molar-refractivity contribution >= 4 is 64.6 Å². The first-order valence-electron chi connectivity index (χ1n) is 18.9. The second-order valence-corrected chi connectivity index (χ2v) is 16.1. The number of aryl methyl sites for hydroxylation is 1. The minimum absolute atomic E-state index is 0.0589. The van der Waals surface area contributed by atoms with Crippen molar-refractivity contribution in [3.63, 3.8) is 0 Å². The predicted molar refractivity (Wildman–Crippen MR) is 212 cm³/mol. The molecule has 17 nitrogen and oxygen atoms in total. The van der Waals surface area contributed by atoms with Gasteiger partial charge in [0.2, 0.25) is 29.5 Å². The van der Waals surface area contributed by atoms with Crippen LogP contribution in [0.25, 0.3) is 0 Å². The number of benzene rings is 1. The molecule has 2 aromatic rings. The number of amides is 5. The zero-order chi connectivity index (χ0) is 43.5. The van der Waals surface area contributed by atoms with Gasteiger partial charge in [0.1, 0.15) is 29.0 Å². The van der Waals surface area contributed by atoms with Crippen LogP contribution in [-0.4, -0.2) is 100 Å². The molecule has 0 unspecified atom stereocenters. The Bertz CT molecular complexity index is 1760. The predicted octanol–water partition coefficient (Wildman–Crippen LogP) is 2.29. The van der Waals surface area contributed by atoms with E-state index in [-0.39, 0.29) is 42.4 Å². The zero-order valence-electron chi connectivity index (χ0n) is 33.6. The van der Waals surface area contributed by atoms with Gasteiger partial charge < -0.3 is 41.5 Å². The van der Waals surface area contributed by atoms with Crippen molar-refractivity contribution in [3.8, 4) is 0 Å². The van der Waals surface area contributed by atoms with E-state index < -0.39 is 103 Å². The lowest BCUT2D eigenvalue weighted by Crippen LogP contribution is -2.56. The lowest BCUT2D eigenvalue weighted by molar-refractivity contribution is -0.141. The first-order chi connectivity index (χ1) is 27.2. The number of esters is 1. The van der Waals surface area contributed by atoms with Gasteiger partial charge in [0.25, 0.3) is 0 Å². The van der Waals surface area contributed by atoms with Crippen molar-refractivity contribution in [2.75, 3.05) is 6.61 Å². The van der Waals surface area contributed by atoms with Crippen LogP contribution in [0, 0.1) is 18.8 Å². The highest BCUT2D eigenvalue weighted by atomic mass is 32.1. The molecule has 0 bridgehead atoms. The maximum atomic E-state index is 13.6. The van der Waals surface area contributed by atoms with Crippen LogP contribution in [-0.2, 0) is 49.5 Å². The highest BCUT2D eigenvalue weighted by molar-refractivity contribution is 7.13. The number of ether oxygens (including phenoxy) is 1. The van der Waals surface area contributed by atoms with Crippen molar-refractivity contribution in [2.45, 2.75) is 117 Å². The molecule has 1 aromatic heterocycles. The van der Waals surface area contributed by atoms with Crippen LogP contribution in [0.2, 0.25) is 0 Å². The molecule has 0 radical (unpaired) electrons. The normalized spacial score (nSPS) is 13.6. The first kappa shape index (κ1) is 48.5. The Kier molecular flexibility index (Phi) is 20.2. The first-order valence-corrected chi connectivity index (χ1v) is 19.8. The fourth-order valence-corrected chi connectivity index (χ4v) is 6.58. The fraction of sp³-hybridized carbons (Fsp3) is 0.525. The number of hydrogen-bond acceptors (Lipinski definition) is 11. The number of carbonyl (C=O) groups is 9. The maximum Gasteiger partial charge on any atom is 0.348 e. The van der Waals surface area contributed by atoms with Gasteiger partial charge in [0.05, 0.1) is 12.8 Å². The molecule has 58 heavy (non-hydrogen) atoms. The van der Waals surface area contributed by atoms with Crippen LogP contribution < -0.4 is 26.6 Å². The number of ketones is 1. The van der Waals surface area contributed by atoms with Gasteiger partial charge in [-0.2, -0.15) is 0 Å². The van der Waals surface area contributed by atoms with E-state index in [4.69, 9.17) is 4.74 Å². The van der Waals surface area contributed by atoms with Gasteiger partial charge in [-0.15, -0.1) is 11.3 Å². The summed E-state index contributed by atoms with van der Waals surface area (Å²) in [6.07, 6.45) is -1.17. The molecule has 0 saturated carbocycles. The minimum atomic E-state index is -1.59. The third kappa shape index (κ3) is 18.5. The zero-order valence-corrected chi connectivity index (χ0v) is 34.4. The van der Waals surface area contributed by atoms with Gasteiger partial charge in [-0.05, 0) is 55.7 Å². The van der Waals surface area contributed by atoms with Gasteiger partial charge in [-0.25, -0.2) is 4.79 Å². The molecular formula is C40H55N5O12S. The second kappa shape index (κ2) is 24.2. The number of aliphatic carboxylic acids is 2. The van der Waals surface area contributed by atoms with Gasteiger partial charge >= 0.3 is 17.9 Å². The van der Waals surface area contributed by atoms with Crippen LogP contribution >= 0.6 is 11.3 Å². The quantitative estimate of drug-likeness (QED) is 0.0712. The van der Waals surface area contributed by atoms with Crippen molar-refractivity contribution in [2.24, 2.45) is 11.8 Å². The number of Topliss-reactive ketones (excluding diaryl/α,β-unsaturated/α-hetero) is 1. The summed E-state index contributed by atoms with van der Waals surface area (Å²) in [4.78, 5) is 116. The lowest BCUT2D eigenvalue weighted by atomic mass is 9.98. The van der Waals surface area contributed by atoms with Crippen molar-refractivity contribution in [1.82, 2.24) is 26.6 Å². The van der Waals surface area contributed by atoms with Gasteiger partial charge in [-0.3, -0.25) is 38.4 Å². The Balaban J connectivity index is 2.21. The van der Waals surface area contributed by atoms with E-state index in [9.17, 15) is 53.4 Å². The van der Waals surface area contributed by atoms with Gasteiger partial charge in [-0.1, -0.05) is 58.0 Å². The van der Waals surface area contributed by atoms with Crippen LogP contribution in [0.1, 0.15) is 93.3 Å². The number of hydrogen-bond donors (Lipinski definition) is 7. The Morgan fingerprint density at radius 3 is 1.79 bits per heavy atom. The molecule has 18 heteroatoms. The van der Waals surface area contributed by atoms with E-state index in [1.165, 1.54) is 13.0 Å². The summed E-state index contributed by atoms with van der Waals surface area (Å²) in [5.41, 5.74) is 0.702. The highest BCUT2D eigenvalue weighted by Gasteiger charge is 2.32. The molecule has 0 fully saturated rings. The molecule has 1 aromatic carbocycles. The number of carboxylic acids is 2. The number of thiophene rings is 1. The summed E-state index contributed by atoms with van der Waals surface area (Å²) in [5, 5.41) is 31.7. The molecule has 0 aliphatic rings. The van der Waals surface area contributed by atoms with E-state index in [0.717, 1.165) is 16.2 Å². The molecule has 5 amide bonds. The average molecular weight is 830 g/mol. The molecule has 0 saturated heterocycles. The monoisotopic (exact) mass is 829 g/mol. The van der Waals surface area contributed by atoms with Crippen LogP contribution in [0.15, 0.2) is 42.5 Å². The summed E-state index contributed by atoms with van der Waals surface area (Å²) in [5.74, 6) is -8.23. The number of rotatable bonds is 25. The summed E-state index contributed by atoms with van der Waals surface area (Å²) in [6.45, 7) is 9.61. The molecule has 0 spiro atoms. The third-order valence-electron chi connectivity index (χ3n) is 8.58. The fourth-order valence-electron chi connectivity index (χ4n) is 5.82. The summed E-state index contributed by atoms with van der Waals surface area (Å²) < 4.78 is 5.07. The van der Waals surface area contributed by atoms with Crippen molar-refractivity contribution < 1.29 is 58.1 Å². The molecule has 0 aliphatic carbocycles. The van der Waals surface area contributed by atoms with Crippen LogP contribution in [0.4, 0.5) is 0 Å². The van der Waals surface area contributed by atoms with Gasteiger partial charge in [0, 0.05) is 30.7 Å². The summed E-state index contributed by atoms with van der Waals surface area (Å²) in [6, 6.07) is 5.52. The second-order valence-electron chi connectivity index (χ2n) is 14.8. The molecule has 0 aliphatic heterocycles. The number of carbonyl (C=O) groups excluding carboxylic acids is 7. The Morgan fingerprint density at radius 1 is 0.655 bits per heavy atom. The molecule has 318 valence electrons. The minimum Gasteiger partial charge on any atom is -0.481 e. The summed E-state index contributed by atoms with van der Waals surface area (Å²) >= 11 is 1.15. The Hall–Kier alpha value is -5.65. The maximum absolute atomic E-state index is 13.6. The largest absolute Gasteiger partial charge is 0.481 e. The van der Waals surface area contributed by atoms with Gasteiger partial charge in [0.15, 0.2) is 12.4 Å². The SMILES string of the molecule is CC(=O)N[C@@H](Cc1ccccc1)C(=O)N[C@@H](CC(=O)O)C(=O)N[C@H](CC(=O)N[C@@H](CCC(C)C)C(=O)N[C@@H](CC(=O)O)C(=O)COC(=O)c1ccc(C)s1)CC(C)C. The van der Waals surface area contributed by atoms with Crippen LogP contribution in [0.5, 0.6) is 0 Å². The number of carboxylic acid groups (broad SMARTS) is 2. The lowest BCUT2D eigenvalue weighted by Gasteiger charge is -2.27. The molecule has 5 atom stereocenters. The number of nitrogens with one attached hydrogen (secondary N) is 5. The van der Waals surface area contributed by atoms with Crippen molar-refractivity contribution in [1.29, 1.82) is 0 Å².